The second-order valence-corrected chi connectivity index (χ2v) is 5.69. The first-order valence-electron chi connectivity index (χ1n) is 6.48. The molecule has 0 saturated carbocycles. The zero-order valence-corrected chi connectivity index (χ0v) is 13.2. The molecule has 0 atom stereocenters. The molecule has 3 nitrogen and oxygen atoms in total. The van der Waals surface area contributed by atoms with Gasteiger partial charge >= 0.3 is 0 Å². The molecule has 21 heavy (non-hydrogen) atoms. The number of benzene rings is 2. The third-order valence-corrected chi connectivity index (χ3v) is 3.98. The van der Waals surface area contributed by atoms with E-state index >= 15 is 0 Å². The summed E-state index contributed by atoms with van der Waals surface area (Å²) in [6.07, 6.45) is 0. The van der Waals surface area contributed by atoms with E-state index in [4.69, 9.17) is 23.2 Å². The topological polar surface area (TPSA) is 30.7 Å². The number of aromatic nitrogens is 3. The van der Waals surface area contributed by atoms with Crippen molar-refractivity contribution in [2.45, 2.75) is 6.92 Å². The fourth-order valence-electron chi connectivity index (χ4n) is 2.29. The standard InChI is InChI=1S/C16H13Cl2N3/c1-10-5-3-4-6-12(10)15-19-20-16(21(15)2)13-8-7-11(17)9-14(13)18/h3-9H,1-2H3. The predicted molar refractivity (Wildman–Crippen MR) is 86.6 cm³/mol. The first-order valence-corrected chi connectivity index (χ1v) is 7.24. The quantitative estimate of drug-likeness (QED) is 0.682. The molecule has 0 aliphatic rings. The summed E-state index contributed by atoms with van der Waals surface area (Å²) in [5, 5.41) is 9.75. The van der Waals surface area contributed by atoms with Crippen LogP contribution < -0.4 is 0 Å². The van der Waals surface area contributed by atoms with Crippen molar-refractivity contribution in [1.29, 1.82) is 0 Å². The van der Waals surface area contributed by atoms with Crippen LogP contribution in [0, 0.1) is 6.92 Å². The van der Waals surface area contributed by atoms with Crippen LogP contribution in [-0.4, -0.2) is 14.8 Å². The third kappa shape index (κ3) is 2.55. The van der Waals surface area contributed by atoms with E-state index in [0.717, 1.165) is 28.3 Å². The van der Waals surface area contributed by atoms with Crippen LogP contribution in [0.3, 0.4) is 0 Å². The lowest BCUT2D eigenvalue weighted by Gasteiger charge is -2.07. The molecule has 1 aromatic heterocycles. The number of halogens is 2. The second kappa shape index (κ2) is 5.51. The van der Waals surface area contributed by atoms with Gasteiger partial charge in [0.05, 0.1) is 5.02 Å². The molecule has 0 amide bonds. The number of hydrogen-bond acceptors (Lipinski definition) is 2. The maximum absolute atomic E-state index is 6.26. The van der Waals surface area contributed by atoms with Gasteiger partial charge in [-0.1, -0.05) is 47.5 Å². The van der Waals surface area contributed by atoms with E-state index < -0.39 is 0 Å². The summed E-state index contributed by atoms with van der Waals surface area (Å²) < 4.78 is 1.94. The molecule has 3 aromatic rings. The van der Waals surface area contributed by atoms with E-state index in [1.807, 2.05) is 35.9 Å². The zero-order chi connectivity index (χ0) is 15.0. The summed E-state index contributed by atoms with van der Waals surface area (Å²) in [5.74, 6) is 1.53. The Morgan fingerprint density at radius 1 is 0.905 bits per heavy atom. The SMILES string of the molecule is Cc1ccccc1-c1nnc(-c2ccc(Cl)cc2Cl)n1C. The Kier molecular flexibility index (Phi) is 3.70. The van der Waals surface area contributed by atoms with Gasteiger partial charge in [0, 0.05) is 23.2 Å². The summed E-state index contributed by atoms with van der Waals surface area (Å²) in [5.41, 5.74) is 3.03. The number of aryl methyl sites for hydroxylation is 1. The van der Waals surface area contributed by atoms with Gasteiger partial charge in [0.1, 0.15) is 0 Å². The van der Waals surface area contributed by atoms with E-state index in [1.54, 1.807) is 12.1 Å². The Morgan fingerprint density at radius 3 is 2.24 bits per heavy atom. The van der Waals surface area contributed by atoms with Crippen LogP contribution in [0.5, 0.6) is 0 Å². The van der Waals surface area contributed by atoms with E-state index in [-0.39, 0.29) is 0 Å². The van der Waals surface area contributed by atoms with Crippen molar-refractivity contribution in [3.8, 4) is 22.8 Å². The van der Waals surface area contributed by atoms with Crippen LogP contribution in [0.15, 0.2) is 42.5 Å². The van der Waals surface area contributed by atoms with Gasteiger partial charge in [-0.15, -0.1) is 10.2 Å². The van der Waals surface area contributed by atoms with Crippen molar-refractivity contribution >= 4 is 23.2 Å². The van der Waals surface area contributed by atoms with Gasteiger partial charge in [-0.2, -0.15) is 0 Å². The van der Waals surface area contributed by atoms with Gasteiger partial charge in [-0.3, -0.25) is 0 Å². The lowest BCUT2D eigenvalue weighted by Crippen LogP contribution is -1.97. The molecule has 0 radical (unpaired) electrons. The Labute approximate surface area is 133 Å². The highest BCUT2D eigenvalue weighted by Gasteiger charge is 2.15. The minimum Gasteiger partial charge on any atom is -0.310 e. The van der Waals surface area contributed by atoms with Gasteiger partial charge in [0.15, 0.2) is 11.6 Å². The highest BCUT2D eigenvalue weighted by molar-refractivity contribution is 6.36. The molecular formula is C16H13Cl2N3. The molecule has 0 aliphatic heterocycles. The van der Waals surface area contributed by atoms with E-state index in [2.05, 4.69) is 23.2 Å². The molecule has 2 aromatic carbocycles. The van der Waals surface area contributed by atoms with E-state index in [0.29, 0.717) is 10.0 Å². The zero-order valence-electron chi connectivity index (χ0n) is 11.6. The van der Waals surface area contributed by atoms with Gasteiger partial charge in [0.25, 0.3) is 0 Å². The lowest BCUT2D eigenvalue weighted by atomic mass is 10.1. The first kappa shape index (κ1) is 14.1. The van der Waals surface area contributed by atoms with Crippen LogP contribution in [0.4, 0.5) is 0 Å². The van der Waals surface area contributed by atoms with Crippen molar-refractivity contribution < 1.29 is 0 Å². The normalized spacial score (nSPS) is 10.9. The summed E-state index contributed by atoms with van der Waals surface area (Å²) in [6, 6.07) is 13.4. The monoisotopic (exact) mass is 317 g/mol. The summed E-state index contributed by atoms with van der Waals surface area (Å²) in [7, 11) is 1.93. The van der Waals surface area contributed by atoms with Crippen LogP contribution in [0.1, 0.15) is 5.56 Å². The van der Waals surface area contributed by atoms with Gasteiger partial charge in [0.2, 0.25) is 0 Å². The molecule has 0 fully saturated rings. The molecule has 106 valence electrons. The van der Waals surface area contributed by atoms with Crippen molar-refractivity contribution in [1.82, 2.24) is 14.8 Å². The van der Waals surface area contributed by atoms with Gasteiger partial charge in [-0.25, -0.2) is 0 Å². The highest BCUT2D eigenvalue weighted by atomic mass is 35.5. The summed E-state index contributed by atoms with van der Waals surface area (Å²) in [6.45, 7) is 2.05. The molecule has 0 unspecified atom stereocenters. The van der Waals surface area contributed by atoms with Crippen LogP contribution in [0.25, 0.3) is 22.8 Å². The molecule has 1 heterocycles. The number of rotatable bonds is 2. The van der Waals surface area contributed by atoms with Crippen LogP contribution >= 0.6 is 23.2 Å². The van der Waals surface area contributed by atoms with Crippen LogP contribution in [0.2, 0.25) is 10.0 Å². The van der Waals surface area contributed by atoms with Gasteiger partial charge < -0.3 is 4.57 Å². The number of hydrogen-bond donors (Lipinski definition) is 0. The lowest BCUT2D eigenvalue weighted by molar-refractivity contribution is 0.928. The van der Waals surface area contributed by atoms with Crippen molar-refractivity contribution in [2.24, 2.45) is 7.05 Å². The molecule has 0 N–H and O–H groups in total. The molecule has 0 aliphatic carbocycles. The third-order valence-electron chi connectivity index (χ3n) is 3.43. The van der Waals surface area contributed by atoms with Crippen molar-refractivity contribution in [3.63, 3.8) is 0 Å². The van der Waals surface area contributed by atoms with Crippen molar-refractivity contribution in [3.05, 3.63) is 58.1 Å². The Morgan fingerprint density at radius 2 is 1.57 bits per heavy atom. The smallest absolute Gasteiger partial charge is 0.165 e. The molecule has 5 heteroatoms. The van der Waals surface area contributed by atoms with Crippen molar-refractivity contribution in [2.75, 3.05) is 0 Å². The summed E-state index contributed by atoms with van der Waals surface area (Å²) in [4.78, 5) is 0. The van der Waals surface area contributed by atoms with E-state index in [1.165, 1.54) is 0 Å². The molecular weight excluding hydrogens is 305 g/mol. The Bertz CT molecular complexity index is 809. The predicted octanol–water partition coefficient (Wildman–Crippen LogP) is 4.76. The Balaban J connectivity index is 2.14. The summed E-state index contributed by atoms with van der Waals surface area (Å²) >= 11 is 12.2. The molecule has 3 rings (SSSR count). The minimum absolute atomic E-state index is 0.564. The molecule has 0 spiro atoms. The maximum Gasteiger partial charge on any atom is 0.165 e. The average molecular weight is 318 g/mol. The largest absolute Gasteiger partial charge is 0.310 e. The fraction of sp³-hybridized carbons (Fsp3) is 0.125. The van der Waals surface area contributed by atoms with Gasteiger partial charge in [-0.05, 0) is 30.7 Å². The maximum atomic E-state index is 6.26. The number of nitrogens with zero attached hydrogens (tertiary/aromatic N) is 3. The Hall–Kier alpha value is -1.84. The average Bonchev–Trinajstić information content (AvgIpc) is 2.81. The molecule has 0 saturated heterocycles. The minimum atomic E-state index is 0.564. The van der Waals surface area contributed by atoms with Crippen LogP contribution in [-0.2, 0) is 7.05 Å². The first-order chi connectivity index (χ1) is 10.1. The highest BCUT2D eigenvalue weighted by Crippen LogP contribution is 2.31. The molecule has 0 bridgehead atoms. The second-order valence-electron chi connectivity index (χ2n) is 4.85. The van der Waals surface area contributed by atoms with E-state index in [9.17, 15) is 0 Å². The fourth-order valence-corrected chi connectivity index (χ4v) is 2.79.